The Bertz CT molecular complexity index is 937. The number of aliphatic hydroxyl groups is 2. The first-order valence-corrected chi connectivity index (χ1v) is 11.1. The maximum absolute atomic E-state index is 11.1. The normalized spacial score (nSPS) is 25.1. The van der Waals surface area contributed by atoms with Crippen LogP contribution in [0.1, 0.15) is 16.7 Å². The minimum absolute atomic E-state index is 0.115. The van der Waals surface area contributed by atoms with E-state index in [0.717, 1.165) is 16.7 Å². The monoisotopic (exact) mass is 450 g/mol. The second-order valence-electron chi connectivity index (χ2n) is 8.08. The first-order chi connectivity index (χ1) is 16.2. The first kappa shape index (κ1) is 23.6. The van der Waals surface area contributed by atoms with Crippen LogP contribution in [-0.4, -0.2) is 47.5 Å². The Morgan fingerprint density at radius 1 is 0.606 bits per heavy atom. The quantitative estimate of drug-likeness (QED) is 0.493. The molecule has 6 nitrogen and oxygen atoms in total. The Morgan fingerprint density at radius 2 is 1.06 bits per heavy atom. The van der Waals surface area contributed by atoms with Gasteiger partial charge in [-0.25, -0.2) is 0 Å². The predicted octanol–water partition coefficient (Wildman–Crippen LogP) is 3.45. The molecule has 1 aliphatic rings. The van der Waals surface area contributed by atoms with Crippen LogP contribution in [0.3, 0.4) is 0 Å². The van der Waals surface area contributed by atoms with E-state index in [1.807, 2.05) is 91.0 Å². The number of benzene rings is 3. The summed E-state index contributed by atoms with van der Waals surface area (Å²) in [6.45, 7) is 1.04. The average Bonchev–Trinajstić information content (AvgIpc) is 2.86. The summed E-state index contributed by atoms with van der Waals surface area (Å²) >= 11 is 0. The molecule has 0 unspecified atom stereocenters. The standard InChI is InChI=1S/C27H30O6/c28-24-23(19-30-16-20-10-4-1-5-11-20)33-27(29)26(32-18-22-14-8-3-9-15-22)25(24)31-17-21-12-6-2-7-13-21/h1-15,23-29H,16-19H2/t23-,24-,25+,26+,27-/m1/s1. The minimum atomic E-state index is -1.26. The highest BCUT2D eigenvalue weighted by atomic mass is 16.7. The van der Waals surface area contributed by atoms with Crippen LogP contribution in [-0.2, 0) is 38.8 Å². The van der Waals surface area contributed by atoms with Crippen LogP contribution in [0.4, 0.5) is 0 Å². The van der Waals surface area contributed by atoms with Crippen LogP contribution in [0.15, 0.2) is 91.0 Å². The molecular formula is C27H30O6. The molecule has 2 N–H and O–H groups in total. The lowest BCUT2D eigenvalue weighted by Crippen LogP contribution is -2.60. The van der Waals surface area contributed by atoms with Gasteiger partial charge in [0.2, 0.25) is 0 Å². The first-order valence-electron chi connectivity index (χ1n) is 11.1. The molecule has 174 valence electrons. The van der Waals surface area contributed by atoms with Gasteiger partial charge < -0.3 is 29.2 Å². The molecule has 33 heavy (non-hydrogen) atoms. The fraction of sp³-hybridized carbons (Fsp3) is 0.333. The third-order valence-electron chi connectivity index (χ3n) is 5.60. The van der Waals surface area contributed by atoms with Crippen molar-refractivity contribution in [3.63, 3.8) is 0 Å². The molecule has 0 aliphatic carbocycles. The van der Waals surface area contributed by atoms with Gasteiger partial charge in [-0.3, -0.25) is 0 Å². The van der Waals surface area contributed by atoms with Gasteiger partial charge >= 0.3 is 0 Å². The van der Waals surface area contributed by atoms with Crippen LogP contribution in [0.5, 0.6) is 0 Å². The molecule has 0 radical (unpaired) electrons. The van der Waals surface area contributed by atoms with Crippen molar-refractivity contribution >= 4 is 0 Å². The zero-order valence-corrected chi connectivity index (χ0v) is 18.4. The van der Waals surface area contributed by atoms with E-state index >= 15 is 0 Å². The third-order valence-corrected chi connectivity index (χ3v) is 5.60. The minimum Gasteiger partial charge on any atom is -0.387 e. The van der Waals surface area contributed by atoms with Crippen LogP contribution in [0, 0.1) is 0 Å². The van der Waals surface area contributed by atoms with Gasteiger partial charge in [0.25, 0.3) is 0 Å². The number of ether oxygens (including phenoxy) is 4. The maximum atomic E-state index is 11.1. The van der Waals surface area contributed by atoms with E-state index < -0.39 is 30.7 Å². The highest BCUT2D eigenvalue weighted by Crippen LogP contribution is 2.27. The highest BCUT2D eigenvalue weighted by Gasteiger charge is 2.46. The molecule has 0 amide bonds. The molecule has 1 fully saturated rings. The number of rotatable bonds is 10. The summed E-state index contributed by atoms with van der Waals surface area (Å²) in [7, 11) is 0. The molecule has 0 saturated carbocycles. The summed E-state index contributed by atoms with van der Waals surface area (Å²) in [5.74, 6) is 0. The maximum Gasteiger partial charge on any atom is 0.184 e. The zero-order chi connectivity index (χ0) is 22.9. The smallest absolute Gasteiger partial charge is 0.184 e. The lowest BCUT2D eigenvalue weighted by molar-refractivity contribution is -0.309. The molecule has 0 aromatic heterocycles. The summed E-state index contributed by atoms with van der Waals surface area (Å²) < 4.78 is 23.5. The summed E-state index contributed by atoms with van der Waals surface area (Å²) in [5.41, 5.74) is 2.93. The van der Waals surface area contributed by atoms with Crippen molar-refractivity contribution in [3.05, 3.63) is 108 Å². The Hall–Kier alpha value is -2.58. The van der Waals surface area contributed by atoms with E-state index in [4.69, 9.17) is 18.9 Å². The lowest BCUT2D eigenvalue weighted by atomic mass is 9.98. The summed E-state index contributed by atoms with van der Waals surface area (Å²) in [6.07, 6.45) is -4.68. The Kier molecular flexibility index (Phi) is 8.60. The Morgan fingerprint density at radius 3 is 1.58 bits per heavy atom. The average molecular weight is 451 g/mol. The molecule has 4 rings (SSSR count). The molecule has 0 spiro atoms. The molecule has 5 atom stereocenters. The summed E-state index contributed by atoms with van der Waals surface area (Å²) in [5, 5.41) is 21.8. The van der Waals surface area contributed by atoms with Crippen LogP contribution < -0.4 is 0 Å². The Balaban J connectivity index is 1.41. The van der Waals surface area contributed by atoms with Gasteiger partial charge in [0, 0.05) is 0 Å². The van der Waals surface area contributed by atoms with Crippen molar-refractivity contribution in [1.29, 1.82) is 0 Å². The molecule has 1 saturated heterocycles. The van der Waals surface area contributed by atoms with Gasteiger partial charge in [-0.15, -0.1) is 0 Å². The van der Waals surface area contributed by atoms with Crippen molar-refractivity contribution in [1.82, 2.24) is 0 Å². The summed E-state index contributed by atoms with van der Waals surface area (Å²) in [4.78, 5) is 0. The number of hydrogen-bond donors (Lipinski definition) is 2. The van der Waals surface area contributed by atoms with Gasteiger partial charge in [-0.1, -0.05) is 91.0 Å². The van der Waals surface area contributed by atoms with Crippen molar-refractivity contribution in [2.75, 3.05) is 6.61 Å². The van der Waals surface area contributed by atoms with E-state index in [1.54, 1.807) is 0 Å². The number of aliphatic hydroxyl groups excluding tert-OH is 2. The SMILES string of the molecule is O[C@H]1[C@H](OCc2ccccc2)[C@H](OCc2ccccc2)[C@H](O)O[C@@H]1COCc1ccccc1. The zero-order valence-electron chi connectivity index (χ0n) is 18.4. The van der Waals surface area contributed by atoms with E-state index in [-0.39, 0.29) is 19.8 Å². The fourth-order valence-electron chi connectivity index (χ4n) is 3.81. The second kappa shape index (κ2) is 12.0. The molecule has 3 aromatic rings. The van der Waals surface area contributed by atoms with E-state index in [9.17, 15) is 10.2 Å². The van der Waals surface area contributed by atoms with Gasteiger partial charge in [0.15, 0.2) is 6.29 Å². The Labute approximate surface area is 194 Å². The topological polar surface area (TPSA) is 77.4 Å². The molecular weight excluding hydrogens is 420 g/mol. The van der Waals surface area contributed by atoms with Crippen LogP contribution >= 0.6 is 0 Å². The van der Waals surface area contributed by atoms with Gasteiger partial charge in [-0.2, -0.15) is 0 Å². The molecule has 0 bridgehead atoms. The fourth-order valence-corrected chi connectivity index (χ4v) is 3.81. The molecule has 1 heterocycles. The van der Waals surface area contributed by atoms with Crippen molar-refractivity contribution < 1.29 is 29.2 Å². The second-order valence-corrected chi connectivity index (χ2v) is 8.08. The van der Waals surface area contributed by atoms with Crippen LogP contribution in [0.2, 0.25) is 0 Å². The van der Waals surface area contributed by atoms with Gasteiger partial charge in [0.05, 0.1) is 26.4 Å². The van der Waals surface area contributed by atoms with Gasteiger partial charge in [0.1, 0.15) is 24.4 Å². The van der Waals surface area contributed by atoms with Gasteiger partial charge in [-0.05, 0) is 16.7 Å². The third kappa shape index (κ3) is 6.71. The molecule has 1 aliphatic heterocycles. The van der Waals surface area contributed by atoms with Crippen LogP contribution in [0.25, 0.3) is 0 Å². The molecule has 6 heteroatoms. The molecule has 3 aromatic carbocycles. The lowest BCUT2D eigenvalue weighted by Gasteiger charge is -2.42. The predicted molar refractivity (Wildman–Crippen MR) is 123 cm³/mol. The highest BCUT2D eigenvalue weighted by molar-refractivity contribution is 5.15. The van der Waals surface area contributed by atoms with Crippen molar-refractivity contribution in [3.8, 4) is 0 Å². The van der Waals surface area contributed by atoms with E-state index in [1.165, 1.54) is 0 Å². The summed E-state index contributed by atoms with van der Waals surface area (Å²) in [6, 6.07) is 29.1. The van der Waals surface area contributed by atoms with Crippen molar-refractivity contribution in [2.24, 2.45) is 0 Å². The number of hydrogen-bond acceptors (Lipinski definition) is 6. The van der Waals surface area contributed by atoms with Crippen molar-refractivity contribution in [2.45, 2.75) is 50.5 Å². The van der Waals surface area contributed by atoms with E-state index in [2.05, 4.69) is 0 Å². The van der Waals surface area contributed by atoms with E-state index in [0.29, 0.717) is 6.61 Å². The largest absolute Gasteiger partial charge is 0.387 e.